The summed E-state index contributed by atoms with van der Waals surface area (Å²) in [5, 5.41) is 2.94. The molecule has 1 aromatic rings. The normalized spacial score (nSPS) is 18.8. The first-order valence-electron chi connectivity index (χ1n) is 7.07. The summed E-state index contributed by atoms with van der Waals surface area (Å²) in [7, 11) is 2.11. The fourth-order valence-corrected chi connectivity index (χ4v) is 2.34. The van der Waals surface area contributed by atoms with Gasteiger partial charge in [0, 0.05) is 37.6 Å². The molecule has 0 spiro atoms. The van der Waals surface area contributed by atoms with Gasteiger partial charge in [-0.05, 0) is 38.6 Å². The minimum Gasteiger partial charge on any atom is -0.398 e. The third-order valence-corrected chi connectivity index (χ3v) is 4.01. The average Bonchev–Trinajstić information content (AvgIpc) is 2.43. The van der Waals surface area contributed by atoms with Gasteiger partial charge in [-0.25, -0.2) is 0 Å². The van der Waals surface area contributed by atoms with Gasteiger partial charge in [0.25, 0.3) is 0 Å². The molecule has 1 atom stereocenters. The minimum atomic E-state index is -0.119. The monoisotopic (exact) mass is 276 g/mol. The number of likely N-dealkylation sites (N-methyl/N-ethyl adjacent to an activating group) is 1. The highest BCUT2D eigenvalue weighted by molar-refractivity contribution is 5.95. The maximum absolute atomic E-state index is 12.3. The summed E-state index contributed by atoms with van der Waals surface area (Å²) >= 11 is 0. The molecular formula is C15H24N4O. The van der Waals surface area contributed by atoms with E-state index in [-0.39, 0.29) is 11.9 Å². The summed E-state index contributed by atoms with van der Waals surface area (Å²) in [5.74, 6) is 0.0257. The van der Waals surface area contributed by atoms with E-state index in [1.807, 2.05) is 32.0 Å². The molecule has 2 rings (SSSR count). The summed E-state index contributed by atoms with van der Waals surface area (Å²) in [5.41, 5.74) is 8.35. The molecule has 1 unspecified atom stereocenters. The molecule has 1 amide bonds. The summed E-state index contributed by atoms with van der Waals surface area (Å²) in [6, 6.07) is 5.50. The van der Waals surface area contributed by atoms with E-state index in [0.717, 1.165) is 37.4 Å². The Balaban J connectivity index is 1.95. The third kappa shape index (κ3) is 3.49. The summed E-state index contributed by atoms with van der Waals surface area (Å²) in [6.45, 7) is 7.79. The van der Waals surface area contributed by atoms with Crippen LogP contribution in [-0.4, -0.2) is 55.0 Å². The molecule has 1 saturated heterocycles. The molecular weight excluding hydrogens is 252 g/mol. The van der Waals surface area contributed by atoms with Crippen LogP contribution in [0.25, 0.3) is 0 Å². The second-order valence-electron chi connectivity index (χ2n) is 5.58. The molecule has 0 radical (unpaired) electrons. The number of piperazine rings is 1. The number of nitrogens with two attached hydrogens (primary N) is 1. The zero-order valence-corrected chi connectivity index (χ0v) is 12.5. The number of rotatable bonds is 3. The number of aryl methyl sites for hydroxylation is 1. The highest BCUT2D eigenvalue weighted by Gasteiger charge is 2.24. The van der Waals surface area contributed by atoms with E-state index in [0.29, 0.717) is 5.69 Å². The van der Waals surface area contributed by atoms with Crippen LogP contribution in [0, 0.1) is 6.92 Å². The number of carbonyl (C=O) groups is 1. The number of anilines is 2. The van der Waals surface area contributed by atoms with Gasteiger partial charge in [0.05, 0.1) is 6.04 Å². The number of nitrogens with zero attached hydrogens (tertiary/aromatic N) is 2. The van der Waals surface area contributed by atoms with Gasteiger partial charge in [0.15, 0.2) is 0 Å². The molecule has 1 aliphatic rings. The Hall–Kier alpha value is -1.59. The number of hydrogen-bond donors (Lipinski definition) is 2. The van der Waals surface area contributed by atoms with Gasteiger partial charge in [0.1, 0.15) is 0 Å². The Morgan fingerprint density at radius 2 is 1.95 bits per heavy atom. The van der Waals surface area contributed by atoms with Crippen LogP contribution in [0.5, 0.6) is 0 Å². The Labute approximate surface area is 120 Å². The molecule has 5 heteroatoms. The van der Waals surface area contributed by atoms with E-state index in [1.165, 1.54) is 0 Å². The van der Waals surface area contributed by atoms with E-state index < -0.39 is 0 Å². The van der Waals surface area contributed by atoms with Crippen LogP contribution in [0.1, 0.15) is 12.5 Å². The van der Waals surface area contributed by atoms with Crippen LogP contribution >= 0.6 is 0 Å². The van der Waals surface area contributed by atoms with E-state index in [2.05, 4.69) is 22.2 Å². The fourth-order valence-electron chi connectivity index (χ4n) is 2.34. The van der Waals surface area contributed by atoms with Crippen LogP contribution in [0.15, 0.2) is 18.2 Å². The molecule has 1 aliphatic heterocycles. The van der Waals surface area contributed by atoms with Crippen molar-refractivity contribution in [3.63, 3.8) is 0 Å². The summed E-state index contributed by atoms with van der Waals surface area (Å²) < 4.78 is 0. The lowest BCUT2D eigenvalue weighted by molar-refractivity contribution is -0.121. The van der Waals surface area contributed by atoms with E-state index in [4.69, 9.17) is 5.73 Å². The standard InChI is InChI=1S/C15H24N4O/c1-11-4-5-13(10-14(11)16)17-15(20)12(2)19-8-6-18(3)7-9-19/h4-5,10,12H,6-9,16H2,1-3H3,(H,17,20). The number of nitrogens with one attached hydrogen (secondary N) is 1. The van der Waals surface area contributed by atoms with Crippen molar-refractivity contribution in [3.05, 3.63) is 23.8 Å². The molecule has 0 aliphatic carbocycles. The van der Waals surface area contributed by atoms with Crippen LogP contribution in [0.2, 0.25) is 0 Å². The average molecular weight is 276 g/mol. The van der Waals surface area contributed by atoms with Gasteiger partial charge in [-0.15, -0.1) is 0 Å². The quantitative estimate of drug-likeness (QED) is 0.813. The highest BCUT2D eigenvalue weighted by Crippen LogP contribution is 2.17. The van der Waals surface area contributed by atoms with Crippen molar-refractivity contribution in [1.82, 2.24) is 9.80 Å². The first kappa shape index (κ1) is 14.8. The van der Waals surface area contributed by atoms with Crippen molar-refractivity contribution in [2.45, 2.75) is 19.9 Å². The molecule has 1 aromatic carbocycles. The second kappa shape index (κ2) is 6.24. The third-order valence-electron chi connectivity index (χ3n) is 4.01. The highest BCUT2D eigenvalue weighted by atomic mass is 16.2. The van der Waals surface area contributed by atoms with Crippen LogP contribution in [-0.2, 0) is 4.79 Å². The second-order valence-corrected chi connectivity index (χ2v) is 5.58. The van der Waals surface area contributed by atoms with Crippen LogP contribution in [0.3, 0.4) is 0 Å². The van der Waals surface area contributed by atoms with Crippen molar-refractivity contribution in [2.75, 3.05) is 44.3 Å². The van der Waals surface area contributed by atoms with Crippen LogP contribution < -0.4 is 11.1 Å². The minimum absolute atomic E-state index is 0.0257. The van der Waals surface area contributed by atoms with Gasteiger partial charge in [-0.1, -0.05) is 6.07 Å². The zero-order chi connectivity index (χ0) is 14.7. The van der Waals surface area contributed by atoms with Gasteiger partial charge < -0.3 is 16.0 Å². The largest absolute Gasteiger partial charge is 0.398 e. The van der Waals surface area contributed by atoms with E-state index in [1.54, 1.807) is 0 Å². The van der Waals surface area contributed by atoms with Crippen LogP contribution in [0.4, 0.5) is 11.4 Å². The predicted octanol–water partition coefficient (Wildman–Crippen LogP) is 1.15. The Morgan fingerprint density at radius 1 is 1.30 bits per heavy atom. The van der Waals surface area contributed by atoms with Gasteiger partial charge in [-0.3, -0.25) is 9.69 Å². The van der Waals surface area contributed by atoms with Crippen molar-refractivity contribution in [3.8, 4) is 0 Å². The Bertz CT molecular complexity index is 481. The first-order valence-corrected chi connectivity index (χ1v) is 7.07. The molecule has 110 valence electrons. The van der Waals surface area contributed by atoms with Gasteiger partial charge in [0.2, 0.25) is 5.91 Å². The topological polar surface area (TPSA) is 61.6 Å². The van der Waals surface area contributed by atoms with Crippen molar-refractivity contribution in [2.24, 2.45) is 0 Å². The first-order chi connectivity index (χ1) is 9.47. The molecule has 1 heterocycles. The van der Waals surface area contributed by atoms with E-state index >= 15 is 0 Å². The Morgan fingerprint density at radius 3 is 2.55 bits per heavy atom. The van der Waals surface area contributed by atoms with E-state index in [9.17, 15) is 4.79 Å². The fraction of sp³-hybridized carbons (Fsp3) is 0.533. The lowest BCUT2D eigenvalue weighted by Gasteiger charge is -2.35. The molecule has 20 heavy (non-hydrogen) atoms. The van der Waals surface area contributed by atoms with Gasteiger partial charge >= 0.3 is 0 Å². The smallest absolute Gasteiger partial charge is 0.241 e. The maximum atomic E-state index is 12.3. The molecule has 0 saturated carbocycles. The number of amides is 1. The summed E-state index contributed by atoms with van der Waals surface area (Å²) in [6.07, 6.45) is 0. The van der Waals surface area contributed by atoms with Crippen molar-refractivity contribution < 1.29 is 4.79 Å². The van der Waals surface area contributed by atoms with Crippen molar-refractivity contribution in [1.29, 1.82) is 0 Å². The molecule has 0 aromatic heterocycles. The number of nitrogen functional groups attached to an aromatic ring is 1. The molecule has 3 N–H and O–H groups in total. The number of benzene rings is 1. The van der Waals surface area contributed by atoms with Crippen molar-refractivity contribution >= 4 is 17.3 Å². The molecule has 0 bridgehead atoms. The zero-order valence-electron chi connectivity index (χ0n) is 12.5. The number of carbonyl (C=O) groups excluding carboxylic acids is 1. The summed E-state index contributed by atoms with van der Waals surface area (Å²) in [4.78, 5) is 16.8. The maximum Gasteiger partial charge on any atom is 0.241 e. The predicted molar refractivity (Wildman–Crippen MR) is 82.8 cm³/mol. The lowest BCUT2D eigenvalue weighted by Crippen LogP contribution is -2.51. The molecule has 1 fully saturated rings. The SMILES string of the molecule is Cc1ccc(NC(=O)C(C)N2CCN(C)CC2)cc1N. The van der Waals surface area contributed by atoms with Gasteiger partial charge in [-0.2, -0.15) is 0 Å². The molecule has 5 nitrogen and oxygen atoms in total. The Kier molecular flexibility index (Phi) is 4.62. The number of hydrogen-bond acceptors (Lipinski definition) is 4. The lowest BCUT2D eigenvalue weighted by atomic mass is 10.1.